The van der Waals surface area contributed by atoms with Crippen molar-refractivity contribution in [3.63, 3.8) is 0 Å². The molecule has 1 aromatic rings. The van der Waals surface area contributed by atoms with Gasteiger partial charge >= 0.3 is 0 Å². The van der Waals surface area contributed by atoms with Gasteiger partial charge in [0.1, 0.15) is 0 Å². The predicted octanol–water partition coefficient (Wildman–Crippen LogP) is 1.35. The Morgan fingerprint density at radius 3 is 2.78 bits per heavy atom. The van der Waals surface area contributed by atoms with Gasteiger partial charge in [-0.15, -0.1) is 5.10 Å². The average molecular weight is 251 g/mol. The maximum atomic E-state index is 5.84. The molecule has 2 rings (SSSR count). The molecule has 5 heteroatoms. The number of rotatable bonds is 3. The Morgan fingerprint density at radius 2 is 2.17 bits per heavy atom. The van der Waals surface area contributed by atoms with Crippen molar-refractivity contribution in [2.24, 2.45) is 5.73 Å². The summed E-state index contributed by atoms with van der Waals surface area (Å²) in [5, 5.41) is 8.49. The fourth-order valence-electron chi connectivity index (χ4n) is 2.44. The van der Waals surface area contributed by atoms with E-state index in [2.05, 4.69) is 42.2 Å². The smallest absolute Gasteiger partial charge is 0.0967 e. The molecule has 2 heterocycles. The van der Waals surface area contributed by atoms with Crippen LogP contribution < -0.4 is 5.73 Å². The average Bonchev–Trinajstić information content (AvgIpc) is 2.78. The molecule has 1 aliphatic heterocycles. The molecule has 0 spiro atoms. The van der Waals surface area contributed by atoms with E-state index >= 15 is 0 Å². The van der Waals surface area contributed by atoms with Gasteiger partial charge in [0.25, 0.3) is 0 Å². The number of nitrogens with two attached hydrogens (primary N) is 1. The second-order valence-corrected chi connectivity index (χ2v) is 6.18. The van der Waals surface area contributed by atoms with Crippen LogP contribution in [0.1, 0.15) is 45.7 Å². The largest absolute Gasteiger partial charge is 0.329 e. The van der Waals surface area contributed by atoms with Gasteiger partial charge < -0.3 is 5.73 Å². The zero-order valence-corrected chi connectivity index (χ0v) is 11.8. The van der Waals surface area contributed by atoms with Crippen molar-refractivity contribution in [3.8, 4) is 0 Å². The number of hydrogen-bond acceptors (Lipinski definition) is 4. The topological polar surface area (TPSA) is 60.0 Å². The van der Waals surface area contributed by atoms with Crippen molar-refractivity contribution in [2.75, 3.05) is 13.1 Å². The first-order valence-corrected chi connectivity index (χ1v) is 6.86. The summed E-state index contributed by atoms with van der Waals surface area (Å²) in [5.74, 6) is 0. The van der Waals surface area contributed by atoms with Crippen LogP contribution in [0.15, 0.2) is 6.20 Å². The standard InChI is InChI=1S/C13H25N5/c1-13(2,3)18-10-11(15-16-18)9-17-7-5-4-6-12(17)8-14/h10,12H,4-9,14H2,1-3H3. The van der Waals surface area contributed by atoms with Gasteiger partial charge in [0, 0.05) is 19.1 Å². The lowest BCUT2D eigenvalue weighted by atomic mass is 10.0. The molecular weight excluding hydrogens is 226 g/mol. The van der Waals surface area contributed by atoms with Crippen molar-refractivity contribution in [1.29, 1.82) is 0 Å². The number of nitrogens with zero attached hydrogens (tertiary/aromatic N) is 4. The van der Waals surface area contributed by atoms with Gasteiger partial charge in [0.2, 0.25) is 0 Å². The van der Waals surface area contributed by atoms with E-state index in [1.807, 2.05) is 4.68 Å². The second-order valence-electron chi connectivity index (χ2n) is 6.18. The van der Waals surface area contributed by atoms with E-state index in [4.69, 9.17) is 5.73 Å². The van der Waals surface area contributed by atoms with E-state index in [0.29, 0.717) is 6.04 Å². The van der Waals surface area contributed by atoms with Crippen LogP contribution in [0.2, 0.25) is 0 Å². The molecule has 0 saturated carbocycles. The summed E-state index contributed by atoms with van der Waals surface area (Å²) in [7, 11) is 0. The molecule has 1 aliphatic rings. The van der Waals surface area contributed by atoms with Crippen molar-refractivity contribution in [1.82, 2.24) is 19.9 Å². The summed E-state index contributed by atoms with van der Waals surface area (Å²) in [6.07, 6.45) is 5.84. The molecule has 0 aromatic carbocycles. The molecule has 1 aromatic heterocycles. The summed E-state index contributed by atoms with van der Waals surface area (Å²) in [5.41, 5.74) is 6.89. The third-order valence-corrected chi connectivity index (χ3v) is 3.61. The molecule has 1 atom stereocenters. The molecule has 1 saturated heterocycles. The molecule has 18 heavy (non-hydrogen) atoms. The minimum absolute atomic E-state index is 0.000414. The van der Waals surface area contributed by atoms with Crippen molar-refractivity contribution in [2.45, 2.75) is 58.2 Å². The van der Waals surface area contributed by atoms with Crippen molar-refractivity contribution < 1.29 is 0 Å². The van der Waals surface area contributed by atoms with E-state index in [-0.39, 0.29) is 5.54 Å². The number of piperidine rings is 1. The van der Waals surface area contributed by atoms with Crippen LogP contribution in [0.25, 0.3) is 0 Å². The van der Waals surface area contributed by atoms with Gasteiger partial charge in [-0.25, -0.2) is 4.68 Å². The molecule has 1 unspecified atom stereocenters. The molecule has 102 valence electrons. The minimum atomic E-state index is 0.000414. The third-order valence-electron chi connectivity index (χ3n) is 3.61. The van der Waals surface area contributed by atoms with E-state index in [1.54, 1.807) is 0 Å². The molecule has 2 N–H and O–H groups in total. The Balaban J connectivity index is 2.02. The zero-order chi connectivity index (χ0) is 13.2. The summed E-state index contributed by atoms with van der Waals surface area (Å²) in [4.78, 5) is 2.44. The van der Waals surface area contributed by atoms with Gasteiger partial charge in [-0.3, -0.25) is 4.90 Å². The van der Waals surface area contributed by atoms with Gasteiger partial charge in [0.05, 0.1) is 17.4 Å². The first-order valence-electron chi connectivity index (χ1n) is 6.86. The summed E-state index contributed by atoms with van der Waals surface area (Å²) in [6, 6.07) is 0.513. The van der Waals surface area contributed by atoms with Crippen LogP contribution >= 0.6 is 0 Å². The zero-order valence-electron chi connectivity index (χ0n) is 11.8. The van der Waals surface area contributed by atoms with Crippen LogP contribution in [0.5, 0.6) is 0 Å². The Labute approximate surface area is 109 Å². The van der Waals surface area contributed by atoms with E-state index in [1.165, 1.54) is 19.3 Å². The van der Waals surface area contributed by atoms with Crippen molar-refractivity contribution in [3.05, 3.63) is 11.9 Å². The van der Waals surface area contributed by atoms with Gasteiger partial charge in [-0.1, -0.05) is 11.6 Å². The Bertz CT molecular complexity index is 379. The predicted molar refractivity (Wildman–Crippen MR) is 72.1 cm³/mol. The highest BCUT2D eigenvalue weighted by Crippen LogP contribution is 2.19. The number of aromatic nitrogens is 3. The van der Waals surface area contributed by atoms with Crippen molar-refractivity contribution >= 4 is 0 Å². The monoisotopic (exact) mass is 251 g/mol. The maximum absolute atomic E-state index is 5.84. The highest BCUT2D eigenvalue weighted by molar-refractivity contribution is 4.96. The molecule has 0 aliphatic carbocycles. The van der Waals surface area contributed by atoms with Crippen LogP contribution in [-0.2, 0) is 12.1 Å². The number of hydrogen-bond donors (Lipinski definition) is 1. The molecule has 0 bridgehead atoms. The highest BCUT2D eigenvalue weighted by atomic mass is 15.4. The lowest BCUT2D eigenvalue weighted by Gasteiger charge is -2.34. The van der Waals surface area contributed by atoms with Gasteiger partial charge in [-0.2, -0.15) is 0 Å². The molecule has 0 amide bonds. The highest BCUT2D eigenvalue weighted by Gasteiger charge is 2.23. The van der Waals surface area contributed by atoms with Crippen LogP contribution in [0.3, 0.4) is 0 Å². The molecule has 5 nitrogen and oxygen atoms in total. The Hall–Kier alpha value is -0.940. The summed E-state index contributed by atoms with van der Waals surface area (Å²) in [6.45, 7) is 9.15. The first kappa shape index (κ1) is 13.5. The maximum Gasteiger partial charge on any atom is 0.0967 e. The van der Waals surface area contributed by atoms with Crippen LogP contribution in [-0.4, -0.2) is 39.0 Å². The summed E-state index contributed by atoms with van der Waals surface area (Å²) >= 11 is 0. The fraction of sp³-hybridized carbons (Fsp3) is 0.846. The molecule has 0 radical (unpaired) electrons. The lowest BCUT2D eigenvalue weighted by molar-refractivity contribution is 0.143. The van der Waals surface area contributed by atoms with E-state index in [9.17, 15) is 0 Å². The fourth-order valence-corrected chi connectivity index (χ4v) is 2.44. The van der Waals surface area contributed by atoms with Gasteiger partial charge in [-0.05, 0) is 40.2 Å². The van der Waals surface area contributed by atoms with Gasteiger partial charge in [0.15, 0.2) is 0 Å². The Kier molecular flexibility index (Phi) is 4.02. The first-order chi connectivity index (χ1) is 8.50. The lowest BCUT2D eigenvalue weighted by Crippen LogP contribution is -2.43. The second kappa shape index (κ2) is 5.36. The quantitative estimate of drug-likeness (QED) is 0.881. The Morgan fingerprint density at radius 1 is 1.39 bits per heavy atom. The van der Waals surface area contributed by atoms with E-state index < -0.39 is 0 Å². The summed E-state index contributed by atoms with van der Waals surface area (Å²) < 4.78 is 1.93. The minimum Gasteiger partial charge on any atom is -0.329 e. The SMILES string of the molecule is CC(C)(C)n1cc(CN2CCCCC2CN)nn1. The number of likely N-dealkylation sites (tertiary alicyclic amines) is 1. The third kappa shape index (κ3) is 3.09. The molecule has 1 fully saturated rings. The van der Waals surface area contributed by atoms with Crippen LogP contribution in [0, 0.1) is 0 Å². The normalized spacial score (nSPS) is 22.3. The van der Waals surface area contributed by atoms with Crippen LogP contribution in [0.4, 0.5) is 0 Å². The molecular formula is C13H25N5. The van der Waals surface area contributed by atoms with E-state index in [0.717, 1.165) is 25.3 Å².